The molecule has 3 N–H and O–H groups in total. The number of esters is 1. The Morgan fingerprint density at radius 3 is 0.865 bits per heavy atom. The van der Waals surface area contributed by atoms with Crippen molar-refractivity contribution >= 4 is 11.9 Å². The van der Waals surface area contributed by atoms with Crippen LogP contribution in [0, 0.1) is 0 Å². The van der Waals surface area contributed by atoms with E-state index in [4.69, 9.17) is 4.74 Å². The largest absolute Gasteiger partial charge is 0.466 e. The summed E-state index contributed by atoms with van der Waals surface area (Å²) in [6, 6.07) is -0.541. The molecule has 0 spiro atoms. The van der Waals surface area contributed by atoms with Gasteiger partial charge >= 0.3 is 5.97 Å². The number of rotatable bonds is 77. The molecule has 0 heterocycles. The molecule has 0 aromatic carbocycles. The molecule has 0 saturated heterocycles. The molecule has 0 fully saturated rings. The van der Waals surface area contributed by atoms with Crippen molar-refractivity contribution in [2.45, 2.75) is 469 Å². The van der Waals surface area contributed by atoms with Crippen molar-refractivity contribution in [1.29, 1.82) is 0 Å². The number of aliphatic hydroxyl groups excluding tert-OH is 2. The monoisotopic (exact) mass is 1250 g/mol. The molecule has 0 aliphatic carbocycles. The highest BCUT2D eigenvalue weighted by Crippen LogP contribution is 2.20. The molecule has 526 valence electrons. The number of carbonyl (C=O) groups excluding carboxylic acids is 2. The number of hydrogen-bond donors (Lipinski definition) is 3. The first-order valence-electron chi connectivity index (χ1n) is 40.7. The number of amides is 1. The van der Waals surface area contributed by atoms with E-state index in [0.717, 1.165) is 44.9 Å². The first kappa shape index (κ1) is 87.1. The first-order chi connectivity index (χ1) is 44.0. The van der Waals surface area contributed by atoms with Crippen LogP contribution in [0.2, 0.25) is 0 Å². The van der Waals surface area contributed by atoms with Gasteiger partial charge < -0.3 is 20.3 Å². The van der Waals surface area contributed by atoms with E-state index >= 15 is 0 Å². The van der Waals surface area contributed by atoms with E-state index in [9.17, 15) is 19.8 Å². The maximum atomic E-state index is 12.6. The molecule has 0 aromatic heterocycles. The van der Waals surface area contributed by atoms with Crippen molar-refractivity contribution in [2.75, 3.05) is 13.2 Å². The Bertz CT molecular complexity index is 1440. The maximum Gasteiger partial charge on any atom is 0.305 e. The lowest BCUT2D eigenvalue weighted by atomic mass is 10.0. The quantitative estimate of drug-likeness (QED) is 0.0320. The molecular formula is C83H159NO5. The average Bonchev–Trinajstić information content (AvgIpc) is 3.57. The van der Waals surface area contributed by atoms with Gasteiger partial charge in [-0.3, -0.25) is 9.59 Å². The zero-order chi connectivity index (χ0) is 64.2. The summed E-state index contributed by atoms with van der Waals surface area (Å²) in [5, 5.41) is 23.4. The molecule has 6 heteroatoms. The molecule has 0 saturated carbocycles. The fourth-order valence-corrected chi connectivity index (χ4v) is 13.0. The molecule has 0 aromatic rings. The Hall–Kier alpha value is -1.92. The summed E-state index contributed by atoms with van der Waals surface area (Å²) in [5.41, 5.74) is 0. The second-order valence-electron chi connectivity index (χ2n) is 28.1. The van der Waals surface area contributed by atoms with Crippen LogP contribution in [-0.2, 0) is 14.3 Å². The summed E-state index contributed by atoms with van der Waals surface area (Å²) < 4.78 is 5.51. The predicted octanol–water partition coefficient (Wildman–Crippen LogP) is 27.0. The van der Waals surface area contributed by atoms with Gasteiger partial charge in [-0.25, -0.2) is 0 Å². The minimum atomic E-state index is -0.664. The Kier molecular flexibility index (Phi) is 76.8. The number of carbonyl (C=O) groups is 2. The number of aliphatic hydroxyl groups is 2. The highest BCUT2D eigenvalue weighted by Gasteiger charge is 2.20. The van der Waals surface area contributed by atoms with E-state index in [1.165, 1.54) is 379 Å². The van der Waals surface area contributed by atoms with Gasteiger partial charge in [-0.15, -0.1) is 0 Å². The first-order valence-corrected chi connectivity index (χ1v) is 40.7. The number of allylic oxidation sites excluding steroid dienone is 6. The van der Waals surface area contributed by atoms with Crippen LogP contribution in [0.1, 0.15) is 457 Å². The van der Waals surface area contributed by atoms with Crippen LogP contribution >= 0.6 is 0 Å². The lowest BCUT2D eigenvalue weighted by Gasteiger charge is -2.22. The zero-order valence-corrected chi connectivity index (χ0v) is 60.4. The molecule has 0 rings (SSSR count). The second kappa shape index (κ2) is 78.5. The van der Waals surface area contributed by atoms with Gasteiger partial charge in [0.1, 0.15) is 0 Å². The Morgan fingerprint density at radius 1 is 0.315 bits per heavy atom. The van der Waals surface area contributed by atoms with E-state index in [-0.39, 0.29) is 18.5 Å². The summed E-state index contributed by atoms with van der Waals surface area (Å²) in [6.07, 6.45) is 102. The molecule has 2 unspecified atom stereocenters. The van der Waals surface area contributed by atoms with Crippen molar-refractivity contribution in [2.24, 2.45) is 0 Å². The maximum absolute atomic E-state index is 12.6. The fraction of sp³-hybridized carbons (Fsp3) is 0.904. The third kappa shape index (κ3) is 75.0. The molecule has 2 atom stereocenters. The number of nitrogens with one attached hydrogen (secondary N) is 1. The molecule has 6 nitrogen and oxygen atoms in total. The smallest absolute Gasteiger partial charge is 0.305 e. The normalized spacial score (nSPS) is 12.6. The fourth-order valence-electron chi connectivity index (χ4n) is 13.0. The Balaban J connectivity index is 3.37. The van der Waals surface area contributed by atoms with Gasteiger partial charge in [0.2, 0.25) is 5.91 Å². The van der Waals surface area contributed by atoms with Crippen molar-refractivity contribution in [1.82, 2.24) is 5.32 Å². The molecule has 89 heavy (non-hydrogen) atoms. The SMILES string of the molecule is CCCCCCCC/C=C\CCCCCCCCCCCC(=O)OCCCCCCCCCCC/C=C\C/C=C\CCCCCCCCCCCCCCCCCCCC(=O)NC(CO)C(O)CCCCCCCCCCCCCCCCCCCCCC. The minimum absolute atomic E-state index is 0.0147. The molecule has 0 radical (unpaired) electrons. The minimum Gasteiger partial charge on any atom is -0.466 e. The highest BCUT2D eigenvalue weighted by atomic mass is 16.5. The van der Waals surface area contributed by atoms with E-state index < -0.39 is 12.1 Å². The van der Waals surface area contributed by atoms with Crippen LogP contribution in [0.5, 0.6) is 0 Å². The summed E-state index contributed by atoms with van der Waals surface area (Å²) in [7, 11) is 0. The van der Waals surface area contributed by atoms with Crippen LogP contribution in [-0.4, -0.2) is 47.4 Å². The standard InChI is InChI=1S/C83H159NO5/c1-3-5-7-9-11-13-15-17-19-21-23-40-43-47-51-55-59-63-67-71-75-81(86)80(79-85)84-82(87)76-72-68-64-60-56-52-48-44-41-37-35-33-31-29-27-25-24-26-28-30-32-34-36-38-42-46-50-54-58-62-66-70-74-78-89-83(88)77-73-69-65-61-57-53-49-45-39-22-20-18-16-14-12-10-8-6-4-2/h18,20,28,30,34,36,80-81,85-86H,3-17,19,21-27,29,31-33,35,37-79H2,1-2H3,(H,84,87)/b20-18-,30-28-,36-34-. The van der Waals surface area contributed by atoms with Gasteiger partial charge in [-0.05, 0) is 83.5 Å². The summed E-state index contributed by atoms with van der Waals surface area (Å²) in [6.45, 7) is 5.00. The van der Waals surface area contributed by atoms with Gasteiger partial charge in [0.15, 0.2) is 0 Å². The van der Waals surface area contributed by atoms with Crippen LogP contribution in [0.4, 0.5) is 0 Å². The van der Waals surface area contributed by atoms with Crippen molar-refractivity contribution in [3.63, 3.8) is 0 Å². The van der Waals surface area contributed by atoms with Crippen LogP contribution in [0.15, 0.2) is 36.5 Å². The lowest BCUT2D eigenvalue weighted by Crippen LogP contribution is -2.45. The van der Waals surface area contributed by atoms with E-state index in [0.29, 0.717) is 25.9 Å². The molecule has 0 aliphatic rings. The highest BCUT2D eigenvalue weighted by molar-refractivity contribution is 5.76. The zero-order valence-electron chi connectivity index (χ0n) is 60.4. The summed E-state index contributed by atoms with van der Waals surface area (Å²) in [4.78, 5) is 24.7. The molecular weight excluding hydrogens is 1090 g/mol. The Morgan fingerprint density at radius 2 is 0.562 bits per heavy atom. The van der Waals surface area contributed by atoms with E-state index in [1.54, 1.807) is 0 Å². The van der Waals surface area contributed by atoms with Gasteiger partial charge in [-0.2, -0.15) is 0 Å². The lowest BCUT2D eigenvalue weighted by molar-refractivity contribution is -0.143. The van der Waals surface area contributed by atoms with E-state index in [1.807, 2.05) is 0 Å². The summed E-state index contributed by atoms with van der Waals surface area (Å²) in [5.74, 6) is -0.0136. The van der Waals surface area contributed by atoms with Crippen LogP contribution in [0.25, 0.3) is 0 Å². The number of unbranched alkanes of at least 4 members (excludes halogenated alkanes) is 60. The van der Waals surface area contributed by atoms with Crippen LogP contribution < -0.4 is 5.32 Å². The van der Waals surface area contributed by atoms with Crippen molar-refractivity contribution < 1.29 is 24.5 Å². The van der Waals surface area contributed by atoms with Gasteiger partial charge in [0, 0.05) is 12.8 Å². The topological polar surface area (TPSA) is 95.9 Å². The van der Waals surface area contributed by atoms with Crippen molar-refractivity contribution in [3.05, 3.63) is 36.5 Å². The molecule has 0 aliphatic heterocycles. The third-order valence-electron chi connectivity index (χ3n) is 19.2. The van der Waals surface area contributed by atoms with Gasteiger partial charge in [-0.1, -0.05) is 397 Å². The molecule has 1 amide bonds. The average molecular weight is 1250 g/mol. The second-order valence-corrected chi connectivity index (χ2v) is 28.1. The van der Waals surface area contributed by atoms with Crippen LogP contribution in [0.3, 0.4) is 0 Å². The van der Waals surface area contributed by atoms with Gasteiger partial charge in [0.25, 0.3) is 0 Å². The molecule has 0 bridgehead atoms. The number of ether oxygens (including phenoxy) is 1. The van der Waals surface area contributed by atoms with Crippen molar-refractivity contribution in [3.8, 4) is 0 Å². The summed E-state index contributed by atoms with van der Waals surface area (Å²) >= 11 is 0. The predicted molar refractivity (Wildman–Crippen MR) is 393 cm³/mol. The van der Waals surface area contributed by atoms with E-state index in [2.05, 4.69) is 55.6 Å². The van der Waals surface area contributed by atoms with Gasteiger partial charge in [0.05, 0.1) is 25.4 Å². The number of hydrogen-bond acceptors (Lipinski definition) is 5. The Labute approximate surface area is 557 Å². The third-order valence-corrected chi connectivity index (χ3v) is 19.2.